The third-order valence-electron chi connectivity index (χ3n) is 3.68. The Bertz CT molecular complexity index is 409. The van der Waals surface area contributed by atoms with Gasteiger partial charge in [0.2, 0.25) is 0 Å². The van der Waals surface area contributed by atoms with E-state index < -0.39 is 0 Å². The zero-order valence-corrected chi connectivity index (χ0v) is 11.1. The Morgan fingerprint density at radius 1 is 1.50 bits per heavy atom. The standard InChI is InChI=1S/C14H22N2O2/c1-10-7-12(15)5-6-16(10)9-11-3-4-13(17)14(8-11)18-2/h3-4,8,10,12,17H,5-7,9,15H2,1-2H3. The van der Waals surface area contributed by atoms with Crippen LogP contribution in [0.5, 0.6) is 11.5 Å². The zero-order valence-electron chi connectivity index (χ0n) is 11.1. The molecule has 18 heavy (non-hydrogen) atoms. The Kier molecular flexibility index (Phi) is 4.09. The van der Waals surface area contributed by atoms with Crippen LogP contribution >= 0.6 is 0 Å². The molecule has 2 atom stereocenters. The van der Waals surface area contributed by atoms with Gasteiger partial charge in [-0.1, -0.05) is 6.07 Å². The largest absolute Gasteiger partial charge is 0.504 e. The van der Waals surface area contributed by atoms with Crippen molar-refractivity contribution in [2.45, 2.75) is 38.4 Å². The summed E-state index contributed by atoms with van der Waals surface area (Å²) in [7, 11) is 1.57. The number of methoxy groups -OCH3 is 1. The van der Waals surface area contributed by atoms with Crippen molar-refractivity contribution in [3.63, 3.8) is 0 Å². The first kappa shape index (κ1) is 13.2. The van der Waals surface area contributed by atoms with Crippen LogP contribution in [0.2, 0.25) is 0 Å². The molecule has 0 amide bonds. The molecule has 4 heteroatoms. The van der Waals surface area contributed by atoms with E-state index in [4.69, 9.17) is 10.5 Å². The smallest absolute Gasteiger partial charge is 0.160 e. The van der Waals surface area contributed by atoms with E-state index in [1.165, 1.54) is 0 Å². The van der Waals surface area contributed by atoms with Crippen LogP contribution in [-0.4, -0.2) is 35.7 Å². The number of phenolic OH excluding ortho intramolecular Hbond substituents is 1. The molecule has 1 fully saturated rings. The molecule has 3 N–H and O–H groups in total. The first-order valence-corrected chi connectivity index (χ1v) is 6.45. The van der Waals surface area contributed by atoms with Gasteiger partial charge in [0.05, 0.1) is 7.11 Å². The molecule has 0 saturated carbocycles. The summed E-state index contributed by atoms with van der Waals surface area (Å²) in [5.74, 6) is 0.726. The lowest BCUT2D eigenvalue weighted by Gasteiger charge is -2.36. The molecule has 1 aliphatic heterocycles. The van der Waals surface area contributed by atoms with E-state index in [2.05, 4.69) is 11.8 Å². The van der Waals surface area contributed by atoms with Gasteiger partial charge in [0.25, 0.3) is 0 Å². The van der Waals surface area contributed by atoms with Crippen LogP contribution < -0.4 is 10.5 Å². The molecule has 2 unspecified atom stereocenters. The first-order chi connectivity index (χ1) is 8.60. The van der Waals surface area contributed by atoms with Gasteiger partial charge in [-0.05, 0) is 37.5 Å². The predicted molar refractivity (Wildman–Crippen MR) is 71.7 cm³/mol. The maximum absolute atomic E-state index is 9.57. The minimum Gasteiger partial charge on any atom is -0.504 e. The predicted octanol–water partition coefficient (Wildman–Crippen LogP) is 1.71. The summed E-state index contributed by atoms with van der Waals surface area (Å²) in [6, 6.07) is 6.38. The second kappa shape index (κ2) is 5.59. The quantitative estimate of drug-likeness (QED) is 0.857. The van der Waals surface area contributed by atoms with E-state index in [0.717, 1.165) is 31.5 Å². The molecule has 0 bridgehead atoms. The number of hydrogen-bond acceptors (Lipinski definition) is 4. The molecule has 0 radical (unpaired) electrons. The Morgan fingerprint density at radius 2 is 2.28 bits per heavy atom. The molecule has 1 heterocycles. The SMILES string of the molecule is COc1cc(CN2CCC(N)CC2C)ccc1O. The topological polar surface area (TPSA) is 58.7 Å². The van der Waals surface area contributed by atoms with Crippen molar-refractivity contribution in [3.8, 4) is 11.5 Å². The number of nitrogens with two attached hydrogens (primary N) is 1. The van der Waals surface area contributed by atoms with Crippen molar-refractivity contribution in [2.75, 3.05) is 13.7 Å². The van der Waals surface area contributed by atoms with Crippen molar-refractivity contribution in [2.24, 2.45) is 5.73 Å². The highest BCUT2D eigenvalue weighted by Crippen LogP contribution is 2.28. The number of rotatable bonds is 3. The maximum atomic E-state index is 9.57. The fourth-order valence-electron chi connectivity index (χ4n) is 2.55. The van der Waals surface area contributed by atoms with E-state index in [9.17, 15) is 5.11 Å². The number of ether oxygens (including phenoxy) is 1. The molecule has 4 nitrogen and oxygen atoms in total. The molecule has 1 saturated heterocycles. The van der Waals surface area contributed by atoms with Gasteiger partial charge in [-0.25, -0.2) is 0 Å². The van der Waals surface area contributed by atoms with Crippen LogP contribution in [0.4, 0.5) is 0 Å². The van der Waals surface area contributed by atoms with Gasteiger partial charge in [0, 0.05) is 25.2 Å². The first-order valence-electron chi connectivity index (χ1n) is 6.45. The molecule has 0 aromatic heterocycles. The van der Waals surface area contributed by atoms with E-state index in [0.29, 0.717) is 17.8 Å². The van der Waals surface area contributed by atoms with Crippen LogP contribution in [0.3, 0.4) is 0 Å². The Balaban J connectivity index is 2.05. The summed E-state index contributed by atoms with van der Waals surface area (Å²) in [4.78, 5) is 2.43. The lowest BCUT2D eigenvalue weighted by Crippen LogP contribution is -2.44. The third kappa shape index (κ3) is 2.94. The minimum atomic E-state index is 0.190. The van der Waals surface area contributed by atoms with Gasteiger partial charge in [-0.15, -0.1) is 0 Å². The average molecular weight is 250 g/mol. The Labute approximate surface area is 108 Å². The molecular formula is C14H22N2O2. The van der Waals surface area contributed by atoms with Crippen molar-refractivity contribution >= 4 is 0 Å². The molecule has 1 aromatic carbocycles. The van der Waals surface area contributed by atoms with Crippen LogP contribution in [-0.2, 0) is 6.54 Å². The summed E-state index contributed by atoms with van der Waals surface area (Å²) in [5, 5.41) is 9.57. The van der Waals surface area contributed by atoms with Crippen molar-refractivity contribution in [1.82, 2.24) is 4.90 Å². The summed E-state index contributed by atoms with van der Waals surface area (Å²) in [6.45, 7) is 4.13. The van der Waals surface area contributed by atoms with Crippen LogP contribution in [0.25, 0.3) is 0 Å². The lowest BCUT2D eigenvalue weighted by molar-refractivity contribution is 0.140. The van der Waals surface area contributed by atoms with Crippen LogP contribution in [0.15, 0.2) is 18.2 Å². The van der Waals surface area contributed by atoms with E-state index >= 15 is 0 Å². The van der Waals surface area contributed by atoms with Gasteiger partial charge >= 0.3 is 0 Å². The highest BCUT2D eigenvalue weighted by molar-refractivity contribution is 5.41. The number of nitrogens with zero attached hydrogens (tertiary/aromatic N) is 1. The zero-order chi connectivity index (χ0) is 13.1. The summed E-state index contributed by atoms with van der Waals surface area (Å²) in [6.07, 6.45) is 2.11. The number of phenols is 1. The van der Waals surface area contributed by atoms with Gasteiger partial charge in [-0.2, -0.15) is 0 Å². The van der Waals surface area contributed by atoms with Gasteiger partial charge < -0.3 is 15.6 Å². The van der Waals surface area contributed by atoms with E-state index in [1.807, 2.05) is 12.1 Å². The average Bonchev–Trinajstić information content (AvgIpc) is 2.35. The maximum Gasteiger partial charge on any atom is 0.160 e. The van der Waals surface area contributed by atoms with E-state index in [-0.39, 0.29) is 5.75 Å². The van der Waals surface area contributed by atoms with Gasteiger partial charge in [0.15, 0.2) is 11.5 Å². The molecular weight excluding hydrogens is 228 g/mol. The Hall–Kier alpha value is -1.26. The molecule has 0 spiro atoms. The van der Waals surface area contributed by atoms with Crippen LogP contribution in [0.1, 0.15) is 25.3 Å². The third-order valence-corrected chi connectivity index (χ3v) is 3.68. The summed E-state index contributed by atoms with van der Waals surface area (Å²) >= 11 is 0. The van der Waals surface area contributed by atoms with Crippen LogP contribution in [0, 0.1) is 0 Å². The molecule has 1 aliphatic rings. The highest BCUT2D eigenvalue weighted by atomic mass is 16.5. The summed E-state index contributed by atoms with van der Waals surface area (Å²) in [5.41, 5.74) is 7.13. The minimum absolute atomic E-state index is 0.190. The fourth-order valence-corrected chi connectivity index (χ4v) is 2.55. The Morgan fingerprint density at radius 3 is 2.94 bits per heavy atom. The monoisotopic (exact) mass is 250 g/mol. The number of piperidine rings is 1. The molecule has 0 aliphatic carbocycles. The number of aromatic hydroxyl groups is 1. The lowest BCUT2D eigenvalue weighted by atomic mass is 9.98. The normalized spacial score (nSPS) is 25.1. The second-order valence-electron chi connectivity index (χ2n) is 5.11. The molecule has 2 rings (SSSR count). The van der Waals surface area contributed by atoms with Crippen molar-refractivity contribution in [3.05, 3.63) is 23.8 Å². The molecule has 1 aromatic rings. The highest BCUT2D eigenvalue weighted by Gasteiger charge is 2.23. The van der Waals surface area contributed by atoms with Crippen molar-refractivity contribution in [1.29, 1.82) is 0 Å². The van der Waals surface area contributed by atoms with E-state index in [1.54, 1.807) is 13.2 Å². The fraction of sp³-hybridized carbons (Fsp3) is 0.571. The van der Waals surface area contributed by atoms with Gasteiger partial charge in [0.1, 0.15) is 0 Å². The van der Waals surface area contributed by atoms with Gasteiger partial charge in [-0.3, -0.25) is 4.90 Å². The second-order valence-corrected chi connectivity index (χ2v) is 5.11. The number of hydrogen-bond donors (Lipinski definition) is 2. The molecule has 100 valence electrons. The van der Waals surface area contributed by atoms with Crippen molar-refractivity contribution < 1.29 is 9.84 Å². The number of benzene rings is 1. The summed E-state index contributed by atoms with van der Waals surface area (Å²) < 4.78 is 5.13. The number of likely N-dealkylation sites (tertiary alicyclic amines) is 1.